The highest BCUT2D eigenvalue weighted by Gasteiger charge is 2.32. The first-order valence-electron chi connectivity index (χ1n) is 8.48. The fourth-order valence-electron chi connectivity index (χ4n) is 3.36. The van der Waals surface area contributed by atoms with Gasteiger partial charge >= 0.3 is 0 Å². The number of amides is 2. The van der Waals surface area contributed by atoms with Crippen LogP contribution in [0.15, 0.2) is 30.3 Å². The molecule has 0 fully saturated rings. The molecule has 2 aromatic carbocycles. The van der Waals surface area contributed by atoms with Crippen molar-refractivity contribution >= 4 is 28.3 Å². The van der Waals surface area contributed by atoms with Crippen LogP contribution in [-0.4, -0.2) is 47.8 Å². The Hall–Kier alpha value is -2.40. The first kappa shape index (κ1) is 16.5. The molecule has 2 N–H and O–H groups in total. The van der Waals surface area contributed by atoms with Crippen LogP contribution in [0.1, 0.15) is 41.0 Å². The minimum atomic E-state index is -0.219. The highest BCUT2D eigenvalue weighted by Crippen LogP contribution is 2.33. The first-order valence-corrected chi connectivity index (χ1v) is 8.48. The van der Waals surface area contributed by atoms with Crippen LogP contribution in [0, 0.1) is 0 Å². The molecule has 5 heteroatoms. The van der Waals surface area contributed by atoms with Gasteiger partial charge < -0.3 is 10.6 Å². The van der Waals surface area contributed by atoms with Crippen molar-refractivity contribution in [1.82, 2.24) is 9.80 Å². The zero-order chi connectivity index (χ0) is 17.3. The lowest BCUT2D eigenvalue weighted by Gasteiger charge is -2.28. The highest BCUT2D eigenvalue weighted by molar-refractivity contribution is 6.26. The molecular weight excluding hydrogens is 302 g/mol. The second-order valence-corrected chi connectivity index (χ2v) is 6.07. The van der Waals surface area contributed by atoms with Crippen molar-refractivity contribution in [2.75, 3.05) is 31.9 Å². The molecule has 0 saturated carbocycles. The molecule has 5 nitrogen and oxygen atoms in total. The Morgan fingerprint density at radius 2 is 1.67 bits per heavy atom. The third kappa shape index (κ3) is 2.65. The lowest BCUT2D eigenvalue weighted by Crippen LogP contribution is -2.41. The molecule has 0 unspecified atom stereocenters. The maximum atomic E-state index is 12.8. The largest absolute Gasteiger partial charge is 0.398 e. The molecule has 0 radical (unpaired) electrons. The summed E-state index contributed by atoms with van der Waals surface area (Å²) in [7, 11) is 0. The number of anilines is 1. The van der Waals surface area contributed by atoms with Crippen molar-refractivity contribution < 1.29 is 9.59 Å². The zero-order valence-electron chi connectivity index (χ0n) is 14.2. The van der Waals surface area contributed by atoms with Gasteiger partial charge in [-0.1, -0.05) is 26.0 Å². The Kier molecular flexibility index (Phi) is 4.53. The van der Waals surface area contributed by atoms with Gasteiger partial charge in [-0.3, -0.25) is 14.5 Å². The van der Waals surface area contributed by atoms with E-state index in [-0.39, 0.29) is 11.8 Å². The van der Waals surface area contributed by atoms with Crippen LogP contribution in [0.3, 0.4) is 0 Å². The van der Waals surface area contributed by atoms with Crippen LogP contribution in [0.5, 0.6) is 0 Å². The molecule has 0 spiro atoms. The van der Waals surface area contributed by atoms with Crippen molar-refractivity contribution in [2.45, 2.75) is 20.3 Å². The molecule has 1 heterocycles. The predicted octanol–water partition coefficient (Wildman–Crippen LogP) is 2.75. The molecule has 126 valence electrons. The van der Waals surface area contributed by atoms with Crippen LogP contribution < -0.4 is 5.73 Å². The van der Waals surface area contributed by atoms with Gasteiger partial charge in [0.2, 0.25) is 0 Å². The predicted molar refractivity (Wildman–Crippen MR) is 96.1 cm³/mol. The van der Waals surface area contributed by atoms with Gasteiger partial charge in [0.1, 0.15) is 0 Å². The maximum absolute atomic E-state index is 12.8. The number of nitrogen functional groups attached to an aromatic ring is 1. The molecule has 2 amide bonds. The van der Waals surface area contributed by atoms with Crippen molar-refractivity contribution in [3.63, 3.8) is 0 Å². The summed E-state index contributed by atoms with van der Waals surface area (Å²) in [6, 6.07) is 8.92. The van der Waals surface area contributed by atoms with Crippen LogP contribution in [0.25, 0.3) is 10.8 Å². The van der Waals surface area contributed by atoms with Crippen molar-refractivity contribution in [3.8, 4) is 0 Å². The van der Waals surface area contributed by atoms with E-state index in [9.17, 15) is 9.59 Å². The van der Waals surface area contributed by atoms with Crippen molar-refractivity contribution in [3.05, 3.63) is 41.5 Å². The van der Waals surface area contributed by atoms with E-state index in [0.29, 0.717) is 28.7 Å². The fraction of sp³-hybridized carbons (Fsp3) is 0.368. The Morgan fingerprint density at radius 1 is 1.00 bits per heavy atom. The van der Waals surface area contributed by atoms with E-state index >= 15 is 0 Å². The maximum Gasteiger partial charge on any atom is 0.261 e. The van der Waals surface area contributed by atoms with E-state index in [0.717, 1.165) is 31.4 Å². The fourth-order valence-corrected chi connectivity index (χ4v) is 3.36. The smallest absolute Gasteiger partial charge is 0.261 e. The number of benzene rings is 2. The Bertz CT molecular complexity index is 774. The van der Waals surface area contributed by atoms with E-state index in [1.807, 2.05) is 12.1 Å². The lowest BCUT2D eigenvalue weighted by atomic mass is 9.93. The minimum absolute atomic E-state index is 0.219. The number of nitrogens with two attached hydrogens (primary N) is 1. The van der Waals surface area contributed by atoms with Crippen LogP contribution in [0.4, 0.5) is 5.69 Å². The van der Waals surface area contributed by atoms with Gasteiger partial charge in [0.15, 0.2) is 0 Å². The van der Waals surface area contributed by atoms with Gasteiger partial charge in [-0.15, -0.1) is 0 Å². The summed E-state index contributed by atoms with van der Waals surface area (Å²) in [5, 5.41) is 1.46. The molecule has 0 aliphatic carbocycles. The molecule has 3 rings (SSSR count). The Balaban J connectivity index is 1.90. The van der Waals surface area contributed by atoms with Gasteiger partial charge in [0.05, 0.1) is 0 Å². The van der Waals surface area contributed by atoms with E-state index in [1.54, 1.807) is 18.2 Å². The molecule has 0 aromatic heterocycles. The van der Waals surface area contributed by atoms with Crippen molar-refractivity contribution in [1.29, 1.82) is 0 Å². The normalized spacial score (nSPS) is 14.0. The topological polar surface area (TPSA) is 66.6 Å². The summed E-state index contributed by atoms with van der Waals surface area (Å²) < 4.78 is 0. The summed E-state index contributed by atoms with van der Waals surface area (Å²) in [4.78, 5) is 29.2. The first-order chi connectivity index (χ1) is 11.6. The third-order valence-electron chi connectivity index (χ3n) is 4.78. The molecule has 2 aromatic rings. The Labute approximate surface area is 142 Å². The van der Waals surface area contributed by atoms with Gasteiger partial charge in [-0.25, -0.2) is 0 Å². The summed E-state index contributed by atoms with van der Waals surface area (Å²) in [5.41, 5.74) is 7.72. The number of nitrogens with zero attached hydrogens (tertiary/aromatic N) is 2. The molecule has 1 aliphatic heterocycles. The number of carbonyl (C=O) groups excluding carboxylic acids is 2. The number of hydrogen-bond acceptors (Lipinski definition) is 4. The SMILES string of the molecule is CCN(CC)CCCN1C(=O)c2cccc3c(N)ccc(c23)C1=O. The average molecular weight is 325 g/mol. The lowest BCUT2D eigenvalue weighted by molar-refractivity contribution is 0.0604. The monoisotopic (exact) mass is 325 g/mol. The standard InChI is InChI=1S/C19H23N3O2/c1-3-21(4-2)11-6-12-22-18(23)14-8-5-7-13-16(20)10-9-15(17(13)14)19(22)24/h5,7-10H,3-4,6,11-12,20H2,1-2H3. The molecular formula is C19H23N3O2. The zero-order valence-corrected chi connectivity index (χ0v) is 14.2. The van der Waals surface area contributed by atoms with E-state index in [4.69, 9.17) is 5.73 Å². The highest BCUT2D eigenvalue weighted by atomic mass is 16.2. The Morgan fingerprint density at radius 3 is 2.33 bits per heavy atom. The summed E-state index contributed by atoms with van der Waals surface area (Å²) >= 11 is 0. The van der Waals surface area contributed by atoms with Crippen LogP contribution in [0.2, 0.25) is 0 Å². The molecule has 1 aliphatic rings. The number of hydrogen-bond donors (Lipinski definition) is 1. The molecule has 0 saturated heterocycles. The van der Waals surface area contributed by atoms with Crippen LogP contribution in [-0.2, 0) is 0 Å². The number of imide groups is 1. The second kappa shape index (κ2) is 6.61. The molecule has 0 bridgehead atoms. The van der Waals surface area contributed by atoms with Crippen LogP contribution >= 0.6 is 0 Å². The summed E-state index contributed by atoms with van der Waals surface area (Å²) in [5.74, 6) is -0.438. The van der Waals surface area contributed by atoms with Crippen molar-refractivity contribution in [2.24, 2.45) is 0 Å². The van der Waals surface area contributed by atoms with E-state index in [2.05, 4.69) is 18.7 Å². The molecule has 24 heavy (non-hydrogen) atoms. The summed E-state index contributed by atoms with van der Waals surface area (Å²) in [6.45, 7) is 7.49. The number of carbonyl (C=O) groups is 2. The summed E-state index contributed by atoms with van der Waals surface area (Å²) in [6.07, 6.45) is 0.777. The van der Waals surface area contributed by atoms with Gasteiger partial charge in [-0.2, -0.15) is 0 Å². The van der Waals surface area contributed by atoms with E-state index < -0.39 is 0 Å². The van der Waals surface area contributed by atoms with Gasteiger partial charge in [0.25, 0.3) is 11.8 Å². The second-order valence-electron chi connectivity index (χ2n) is 6.07. The molecule has 0 atom stereocenters. The van der Waals surface area contributed by atoms with Gasteiger partial charge in [-0.05, 0) is 44.3 Å². The third-order valence-corrected chi connectivity index (χ3v) is 4.78. The minimum Gasteiger partial charge on any atom is -0.398 e. The quantitative estimate of drug-likeness (QED) is 0.655. The number of rotatable bonds is 6. The average Bonchev–Trinajstić information content (AvgIpc) is 2.60. The van der Waals surface area contributed by atoms with E-state index in [1.165, 1.54) is 4.90 Å². The van der Waals surface area contributed by atoms with Gasteiger partial charge in [0, 0.05) is 34.1 Å².